The molecule has 0 amide bonds. The van der Waals surface area contributed by atoms with Gasteiger partial charge in [-0.3, -0.25) is 4.79 Å². The summed E-state index contributed by atoms with van der Waals surface area (Å²) in [5, 5.41) is -0.0398. The van der Waals surface area contributed by atoms with Crippen molar-refractivity contribution in [3.8, 4) is 5.75 Å². The quantitative estimate of drug-likeness (QED) is 0.787. The van der Waals surface area contributed by atoms with Crippen LogP contribution in [0.2, 0.25) is 0 Å². The summed E-state index contributed by atoms with van der Waals surface area (Å²) in [6.07, 6.45) is -4.73. The summed E-state index contributed by atoms with van der Waals surface area (Å²) in [5.41, 5.74) is -0.761. The Balaban J connectivity index is 2.63. The van der Waals surface area contributed by atoms with Crippen molar-refractivity contribution < 1.29 is 22.7 Å². The van der Waals surface area contributed by atoms with Crippen LogP contribution in [0.4, 0.5) is 13.2 Å². The average Bonchev–Trinajstić information content (AvgIpc) is 2.24. The van der Waals surface area contributed by atoms with Crippen molar-refractivity contribution in [3.05, 3.63) is 29.8 Å². The van der Waals surface area contributed by atoms with Crippen molar-refractivity contribution >= 4 is 16.9 Å². The molecule has 0 aliphatic heterocycles. The first-order valence-corrected chi connectivity index (χ1v) is 7.35. The van der Waals surface area contributed by atoms with Gasteiger partial charge in [0.1, 0.15) is 11.9 Å². The molecule has 1 rings (SSSR count). The van der Waals surface area contributed by atoms with Gasteiger partial charge in [0.05, 0.1) is 12.0 Å². The first-order chi connectivity index (χ1) is 9.47. The van der Waals surface area contributed by atoms with Gasteiger partial charge in [-0.25, -0.2) is 0 Å². The Hall–Kier alpha value is -1.17. The summed E-state index contributed by atoms with van der Waals surface area (Å²) in [5.74, 6) is 0.117. The van der Waals surface area contributed by atoms with E-state index in [0.717, 1.165) is 12.1 Å². The van der Waals surface area contributed by atoms with Gasteiger partial charge in [-0.2, -0.15) is 13.2 Å². The van der Waals surface area contributed by atoms with Crippen molar-refractivity contribution in [3.63, 3.8) is 0 Å². The molecular weight excluding hydrogens is 301 g/mol. The van der Waals surface area contributed by atoms with E-state index in [1.165, 1.54) is 23.9 Å². The van der Waals surface area contributed by atoms with Crippen LogP contribution in [0.15, 0.2) is 24.3 Å². The summed E-state index contributed by atoms with van der Waals surface area (Å²) < 4.78 is 43.0. The SMILES string of the molecule is C[C@H](CC(=O)SC(C)(C)C)Oc1cccc(C(F)(F)F)c1. The second-order valence-corrected chi connectivity index (χ2v) is 7.63. The first kappa shape index (κ1) is 17.9. The summed E-state index contributed by atoms with van der Waals surface area (Å²) in [7, 11) is 0. The van der Waals surface area contributed by atoms with E-state index >= 15 is 0 Å². The number of benzene rings is 1. The first-order valence-electron chi connectivity index (χ1n) is 6.53. The van der Waals surface area contributed by atoms with Crippen LogP contribution in [0.5, 0.6) is 5.75 Å². The maximum atomic E-state index is 12.6. The third-order valence-corrected chi connectivity index (χ3v) is 3.38. The lowest BCUT2D eigenvalue weighted by Gasteiger charge is -2.19. The number of carbonyl (C=O) groups excluding carboxylic acids is 1. The summed E-state index contributed by atoms with van der Waals surface area (Å²) >= 11 is 1.20. The molecule has 1 aromatic carbocycles. The minimum Gasteiger partial charge on any atom is -0.490 e. The predicted molar refractivity (Wildman–Crippen MR) is 78.5 cm³/mol. The minimum absolute atomic E-state index is 0.0398. The Kier molecular flexibility index (Phi) is 5.73. The Morgan fingerprint density at radius 2 is 1.90 bits per heavy atom. The predicted octanol–water partition coefficient (Wildman–Crippen LogP) is 4.92. The zero-order chi connectivity index (χ0) is 16.3. The summed E-state index contributed by atoms with van der Waals surface area (Å²) in [6.45, 7) is 7.44. The van der Waals surface area contributed by atoms with Crippen LogP contribution in [-0.4, -0.2) is 16.0 Å². The van der Waals surface area contributed by atoms with E-state index in [1.54, 1.807) is 6.92 Å². The minimum atomic E-state index is -4.40. The van der Waals surface area contributed by atoms with E-state index < -0.39 is 17.8 Å². The number of hydrogen-bond acceptors (Lipinski definition) is 3. The molecule has 0 spiro atoms. The van der Waals surface area contributed by atoms with Gasteiger partial charge in [-0.15, -0.1) is 0 Å². The molecule has 0 fully saturated rings. The number of alkyl halides is 3. The Morgan fingerprint density at radius 1 is 1.29 bits per heavy atom. The molecular formula is C15H19F3O2S. The zero-order valence-corrected chi connectivity index (χ0v) is 13.3. The van der Waals surface area contributed by atoms with Crippen molar-refractivity contribution in [1.29, 1.82) is 0 Å². The fourth-order valence-electron chi connectivity index (χ4n) is 1.64. The maximum Gasteiger partial charge on any atom is 0.416 e. The van der Waals surface area contributed by atoms with Crippen LogP contribution >= 0.6 is 11.8 Å². The normalized spacial score (nSPS) is 13.9. The van der Waals surface area contributed by atoms with Crippen molar-refractivity contribution in [2.24, 2.45) is 0 Å². The van der Waals surface area contributed by atoms with Crippen LogP contribution in [-0.2, 0) is 11.0 Å². The number of rotatable bonds is 4. The second kappa shape index (κ2) is 6.73. The molecule has 0 saturated heterocycles. The van der Waals surface area contributed by atoms with Gasteiger partial charge in [0.15, 0.2) is 5.12 Å². The molecule has 0 radical (unpaired) electrons. The second-order valence-electron chi connectivity index (χ2n) is 5.74. The molecule has 21 heavy (non-hydrogen) atoms. The molecule has 0 aliphatic rings. The molecule has 1 atom stereocenters. The van der Waals surface area contributed by atoms with E-state index in [-0.39, 0.29) is 22.0 Å². The topological polar surface area (TPSA) is 26.3 Å². The number of thioether (sulfide) groups is 1. The highest BCUT2D eigenvalue weighted by Gasteiger charge is 2.30. The molecule has 6 heteroatoms. The van der Waals surface area contributed by atoms with Gasteiger partial charge in [-0.05, 0) is 25.1 Å². The molecule has 0 aliphatic carbocycles. The standard InChI is InChI=1S/C15H19F3O2S/c1-10(8-13(19)21-14(2,3)4)20-12-7-5-6-11(9-12)15(16,17)18/h5-7,9-10H,8H2,1-4H3/t10-/m1/s1. The van der Waals surface area contributed by atoms with Crippen molar-refractivity contribution in [2.75, 3.05) is 0 Å². The highest BCUT2D eigenvalue weighted by molar-refractivity contribution is 8.14. The zero-order valence-electron chi connectivity index (χ0n) is 12.5. The molecule has 0 saturated carbocycles. The lowest BCUT2D eigenvalue weighted by molar-refractivity contribution is -0.137. The summed E-state index contributed by atoms with van der Waals surface area (Å²) in [4.78, 5) is 11.8. The highest BCUT2D eigenvalue weighted by Crippen LogP contribution is 2.32. The lowest BCUT2D eigenvalue weighted by atomic mass is 10.2. The molecule has 118 valence electrons. The highest BCUT2D eigenvalue weighted by atomic mass is 32.2. The molecule has 1 aromatic rings. The van der Waals surface area contributed by atoms with Crippen LogP contribution in [0, 0.1) is 0 Å². The Morgan fingerprint density at radius 3 is 2.43 bits per heavy atom. The van der Waals surface area contributed by atoms with Crippen LogP contribution < -0.4 is 4.74 Å². The monoisotopic (exact) mass is 320 g/mol. The smallest absolute Gasteiger partial charge is 0.416 e. The third kappa shape index (κ3) is 6.89. The van der Waals surface area contributed by atoms with Gasteiger partial charge >= 0.3 is 6.18 Å². The Bertz CT molecular complexity index is 492. The largest absolute Gasteiger partial charge is 0.490 e. The average molecular weight is 320 g/mol. The number of halogens is 3. The third-order valence-electron chi connectivity index (χ3n) is 2.37. The van der Waals surface area contributed by atoms with Crippen LogP contribution in [0.3, 0.4) is 0 Å². The fourth-order valence-corrected chi connectivity index (χ4v) is 2.64. The molecule has 0 bridgehead atoms. The number of carbonyl (C=O) groups is 1. The van der Waals surface area contributed by atoms with Gasteiger partial charge < -0.3 is 4.74 Å². The van der Waals surface area contributed by atoms with Gasteiger partial charge in [0, 0.05) is 4.75 Å². The Labute approximate surface area is 127 Å². The van der Waals surface area contributed by atoms with E-state index in [1.807, 2.05) is 20.8 Å². The van der Waals surface area contributed by atoms with E-state index in [9.17, 15) is 18.0 Å². The van der Waals surface area contributed by atoms with Gasteiger partial charge in [-0.1, -0.05) is 38.6 Å². The van der Waals surface area contributed by atoms with Crippen molar-refractivity contribution in [1.82, 2.24) is 0 Å². The van der Waals surface area contributed by atoms with E-state index in [0.29, 0.717) is 0 Å². The fraction of sp³-hybridized carbons (Fsp3) is 0.533. The summed E-state index contributed by atoms with van der Waals surface area (Å²) in [6, 6.07) is 4.67. The van der Waals surface area contributed by atoms with Gasteiger partial charge in [0.25, 0.3) is 0 Å². The van der Waals surface area contributed by atoms with Crippen LogP contribution in [0.1, 0.15) is 39.7 Å². The molecule has 0 N–H and O–H groups in total. The number of hydrogen-bond donors (Lipinski definition) is 0. The lowest BCUT2D eigenvalue weighted by Crippen LogP contribution is -2.19. The molecule has 0 heterocycles. The molecule has 0 aromatic heterocycles. The van der Waals surface area contributed by atoms with Crippen molar-refractivity contribution in [2.45, 2.75) is 51.1 Å². The van der Waals surface area contributed by atoms with Gasteiger partial charge in [0.2, 0.25) is 0 Å². The number of ether oxygens (including phenoxy) is 1. The maximum absolute atomic E-state index is 12.6. The van der Waals surface area contributed by atoms with Crippen LogP contribution in [0.25, 0.3) is 0 Å². The molecule has 0 unspecified atom stereocenters. The van der Waals surface area contributed by atoms with E-state index in [2.05, 4.69) is 0 Å². The van der Waals surface area contributed by atoms with E-state index in [4.69, 9.17) is 4.74 Å². The molecule has 2 nitrogen and oxygen atoms in total.